The first kappa shape index (κ1) is 15.5. The van der Waals surface area contributed by atoms with Crippen molar-refractivity contribution in [2.75, 3.05) is 7.11 Å². The summed E-state index contributed by atoms with van der Waals surface area (Å²) in [5.41, 5.74) is 0.997. The largest absolute Gasteiger partial charge is 0.508 e. The highest BCUT2D eigenvalue weighted by Crippen LogP contribution is 2.27. The first-order valence-corrected chi connectivity index (χ1v) is 7.09. The summed E-state index contributed by atoms with van der Waals surface area (Å²) >= 11 is 0. The predicted octanol–water partition coefficient (Wildman–Crippen LogP) is 2.81. The normalized spacial score (nSPS) is 10.4. The number of benzene rings is 2. The van der Waals surface area contributed by atoms with Gasteiger partial charge >= 0.3 is 5.97 Å². The molecule has 122 valence electrons. The van der Waals surface area contributed by atoms with Gasteiger partial charge in [0.05, 0.1) is 18.2 Å². The van der Waals surface area contributed by atoms with Gasteiger partial charge in [0.15, 0.2) is 6.61 Å². The van der Waals surface area contributed by atoms with Crippen molar-refractivity contribution < 1.29 is 23.9 Å². The number of methoxy groups -OCH3 is 1. The van der Waals surface area contributed by atoms with Gasteiger partial charge in [-0.25, -0.2) is 4.79 Å². The van der Waals surface area contributed by atoms with Crippen LogP contribution in [0.4, 0.5) is 0 Å². The Bertz CT molecular complexity index is 842. The second-order valence-corrected chi connectivity index (χ2v) is 4.84. The molecule has 2 aromatic carbocycles. The SMILES string of the molecule is COc1ccccc1-c1noc(COC(=O)c2ccc(O)cc2)n1. The fourth-order valence-electron chi connectivity index (χ4n) is 2.06. The number of carbonyl (C=O) groups excluding carboxylic acids is 1. The molecule has 0 amide bonds. The van der Waals surface area contributed by atoms with Crippen LogP contribution in [0.2, 0.25) is 0 Å². The summed E-state index contributed by atoms with van der Waals surface area (Å²) in [5, 5.41) is 13.1. The van der Waals surface area contributed by atoms with E-state index in [0.29, 0.717) is 22.7 Å². The maximum atomic E-state index is 11.9. The van der Waals surface area contributed by atoms with E-state index in [4.69, 9.17) is 14.0 Å². The summed E-state index contributed by atoms with van der Waals surface area (Å²) in [6.45, 7) is -0.151. The third kappa shape index (κ3) is 3.35. The number of aromatic hydroxyl groups is 1. The van der Waals surface area contributed by atoms with E-state index in [1.54, 1.807) is 19.2 Å². The maximum Gasteiger partial charge on any atom is 0.338 e. The van der Waals surface area contributed by atoms with Crippen LogP contribution in [0, 0.1) is 0 Å². The molecule has 3 rings (SSSR count). The van der Waals surface area contributed by atoms with Crippen LogP contribution in [0.5, 0.6) is 11.5 Å². The third-order valence-electron chi connectivity index (χ3n) is 3.25. The number of nitrogens with zero attached hydrogens (tertiary/aromatic N) is 2. The van der Waals surface area contributed by atoms with Gasteiger partial charge in [0.25, 0.3) is 5.89 Å². The molecule has 0 fully saturated rings. The topological polar surface area (TPSA) is 94.7 Å². The van der Waals surface area contributed by atoms with E-state index in [1.165, 1.54) is 24.3 Å². The van der Waals surface area contributed by atoms with Crippen molar-refractivity contribution in [1.29, 1.82) is 0 Å². The molecule has 7 nitrogen and oxygen atoms in total. The Kier molecular flexibility index (Phi) is 4.42. The van der Waals surface area contributed by atoms with Crippen LogP contribution in [0.15, 0.2) is 53.1 Å². The van der Waals surface area contributed by atoms with E-state index >= 15 is 0 Å². The molecule has 1 aromatic heterocycles. The third-order valence-corrected chi connectivity index (χ3v) is 3.25. The maximum absolute atomic E-state index is 11.9. The molecule has 1 heterocycles. The fourth-order valence-corrected chi connectivity index (χ4v) is 2.06. The van der Waals surface area contributed by atoms with Crippen LogP contribution in [-0.2, 0) is 11.3 Å². The van der Waals surface area contributed by atoms with Gasteiger partial charge in [0.1, 0.15) is 11.5 Å². The number of rotatable bonds is 5. The number of hydrogen-bond acceptors (Lipinski definition) is 7. The molecule has 0 unspecified atom stereocenters. The number of para-hydroxylation sites is 1. The van der Waals surface area contributed by atoms with Gasteiger partial charge in [-0.05, 0) is 36.4 Å². The van der Waals surface area contributed by atoms with Gasteiger partial charge in [-0.3, -0.25) is 0 Å². The summed E-state index contributed by atoms with van der Waals surface area (Å²) in [4.78, 5) is 16.1. The molecule has 0 radical (unpaired) electrons. The van der Waals surface area contributed by atoms with E-state index in [2.05, 4.69) is 10.1 Å². The minimum absolute atomic E-state index is 0.0740. The lowest BCUT2D eigenvalue weighted by Crippen LogP contribution is -2.05. The average Bonchev–Trinajstić information content (AvgIpc) is 3.09. The van der Waals surface area contributed by atoms with Crippen molar-refractivity contribution in [3.8, 4) is 22.9 Å². The fraction of sp³-hybridized carbons (Fsp3) is 0.118. The van der Waals surface area contributed by atoms with E-state index in [-0.39, 0.29) is 18.2 Å². The van der Waals surface area contributed by atoms with Gasteiger partial charge < -0.3 is 19.1 Å². The first-order chi connectivity index (χ1) is 11.7. The molecule has 0 spiro atoms. The number of aromatic nitrogens is 2. The van der Waals surface area contributed by atoms with Crippen molar-refractivity contribution >= 4 is 5.97 Å². The lowest BCUT2D eigenvalue weighted by Gasteiger charge is -2.03. The second-order valence-electron chi connectivity index (χ2n) is 4.84. The molecule has 0 bridgehead atoms. The zero-order chi connectivity index (χ0) is 16.9. The molecule has 0 saturated carbocycles. The average molecular weight is 326 g/mol. The first-order valence-electron chi connectivity index (χ1n) is 7.09. The Hall–Kier alpha value is -3.35. The zero-order valence-electron chi connectivity index (χ0n) is 12.8. The number of hydrogen-bond donors (Lipinski definition) is 1. The Morgan fingerprint density at radius 2 is 1.92 bits per heavy atom. The summed E-state index contributed by atoms with van der Waals surface area (Å²) in [6.07, 6.45) is 0. The van der Waals surface area contributed by atoms with Crippen LogP contribution in [0.1, 0.15) is 16.2 Å². The van der Waals surface area contributed by atoms with Crippen LogP contribution in [0.3, 0.4) is 0 Å². The Morgan fingerprint density at radius 3 is 2.67 bits per heavy atom. The molecule has 0 saturated heterocycles. The number of phenolic OH excluding ortho intramolecular Hbond substituents is 1. The quantitative estimate of drug-likeness (QED) is 0.720. The van der Waals surface area contributed by atoms with Gasteiger partial charge in [0, 0.05) is 0 Å². The Morgan fingerprint density at radius 1 is 1.17 bits per heavy atom. The van der Waals surface area contributed by atoms with Crippen molar-refractivity contribution in [3.05, 3.63) is 60.0 Å². The standard InChI is InChI=1S/C17H14N2O5/c1-22-14-5-3-2-4-13(14)16-18-15(24-19-16)10-23-17(21)11-6-8-12(20)9-7-11/h2-9,20H,10H2,1H3. The molecular formula is C17H14N2O5. The van der Waals surface area contributed by atoms with Crippen LogP contribution >= 0.6 is 0 Å². The van der Waals surface area contributed by atoms with Gasteiger partial charge in [-0.1, -0.05) is 17.3 Å². The number of phenols is 1. The number of carbonyl (C=O) groups is 1. The highest BCUT2D eigenvalue weighted by Gasteiger charge is 2.14. The number of ether oxygens (including phenoxy) is 2. The Balaban J connectivity index is 1.68. The molecule has 7 heteroatoms. The molecule has 0 atom stereocenters. The molecule has 1 N–H and O–H groups in total. The number of esters is 1. The van der Waals surface area contributed by atoms with E-state index < -0.39 is 5.97 Å². The minimum atomic E-state index is -0.549. The van der Waals surface area contributed by atoms with Gasteiger partial charge in [0.2, 0.25) is 5.82 Å². The second kappa shape index (κ2) is 6.82. The summed E-state index contributed by atoms with van der Waals surface area (Å²) in [5.74, 6) is 0.661. The monoisotopic (exact) mass is 326 g/mol. The predicted molar refractivity (Wildman–Crippen MR) is 83.5 cm³/mol. The molecule has 24 heavy (non-hydrogen) atoms. The molecule has 0 aliphatic heterocycles. The summed E-state index contributed by atoms with van der Waals surface area (Å²) < 4.78 is 15.4. The van der Waals surface area contributed by atoms with Crippen LogP contribution in [0.25, 0.3) is 11.4 Å². The minimum Gasteiger partial charge on any atom is -0.508 e. The summed E-state index contributed by atoms with van der Waals surface area (Å²) in [6, 6.07) is 13.0. The zero-order valence-corrected chi connectivity index (χ0v) is 12.8. The lowest BCUT2D eigenvalue weighted by atomic mass is 10.2. The van der Waals surface area contributed by atoms with E-state index in [1.807, 2.05) is 12.1 Å². The smallest absolute Gasteiger partial charge is 0.338 e. The van der Waals surface area contributed by atoms with Crippen LogP contribution < -0.4 is 4.74 Å². The lowest BCUT2D eigenvalue weighted by molar-refractivity contribution is 0.0430. The summed E-state index contributed by atoms with van der Waals surface area (Å²) in [7, 11) is 1.55. The van der Waals surface area contributed by atoms with Crippen molar-refractivity contribution in [1.82, 2.24) is 10.1 Å². The van der Waals surface area contributed by atoms with Crippen LogP contribution in [-0.4, -0.2) is 28.3 Å². The van der Waals surface area contributed by atoms with Gasteiger partial charge in [-0.15, -0.1) is 0 Å². The van der Waals surface area contributed by atoms with E-state index in [9.17, 15) is 9.90 Å². The highest BCUT2D eigenvalue weighted by molar-refractivity contribution is 5.89. The molecule has 3 aromatic rings. The van der Waals surface area contributed by atoms with Crippen molar-refractivity contribution in [2.24, 2.45) is 0 Å². The highest BCUT2D eigenvalue weighted by atomic mass is 16.6. The molecule has 0 aliphatic carbocycles. The van der Waals surface area contributed by atoms with Crippen molar-refractivity contribution in [3.63, 3.8) is 0 Å². The van der Waals surface area contributed by atoms with E-state index in [0.717, 1.165) is 0 Å². The molecule has 0 aliphatic rings. The Labute approximate surface area is 137 Å². The molecular weight excluding hydrogens is 312 g/mol. The van der Waals surface area contributed by atoms with Crippen molar-refractivity contribution in [2.45, 2.75) is 6.61 Å². The van der Waals surface area contributed by atoms with Gasteiger partial charge in [-0.2, -0.15) is 4.98 Å².